The Hall–Kier alpha value is -3.59. The van der Waals surface area contributed by atoms with Crippen LogP contribution in [0, 0.1) is 0 Å². The van der Waals surface area contributed by atoms with E-state index in [1.807, 2.05) is 41.0 Å². The fraction of sp³-hybridized carbons (Fsp3) is 0.226. The van der Waals surface area contributed by atoms with Crippen molar-refractivity contribution in [1.82, 2.24) is 9.55 Å². The van der Waals surface area contributed by atoms with E-state index in [0.717, 1.165) is 29.8 Å². The molecule has 0 saturated heterocycles. The Bertz CT molecular complexity index is 1420. The predicted molar refractivity (Wildman–Crippen MR) is 160 cm³/mol. The van der Waals surface area contributed by atoms with Gasteiger partial charge in [0.05, 0.1) is 31.5 Å². The molecule has 40 heavy (non-hydrogen) atoms. The van der Waals surface area contributed by atoms with Gasteiger partial charge in [0.15, 0.2) is 10.6 Å². The normalized spacial score (nSPS) is 12.0. The second-order valence-electron chi connectivity index (χ2n) is 9.07. The summed E-state index contributed by atoms with van der Waals surface area (Å²) in [4.78, 5) is 17.4. The summed E-state index contributed by atoms with van der Waals surface area (Å²) in [7, 11) is 0. The standard InChI is InChI=1S/C31H31ClFN3O3S/c1-2-17-36-22-34-20-27(36)21-40(38)29-12-8-26(9-13-29)35-31(37)15-7-25-19-24(6-14-30(25)32)23-4-10-28(11-5-23)39-18-3-16-33/h4-15,19-20,22H,2-3,16-18,21H2,1H3,(H,35,37)/b15-7+. The number of aromatic nitrogens is 2. The number of aryl methyl sites for hydroxylation is 1. The highest BCUT2D eigenvalue weighted by Gasteiger charge is 2.15. The number of hydrogen-bond donors (Lipinski definition) is 1. The van der Waals surface area contributed by atoms with Crippen molar-refractivity contribution >= 4 is 40.4 Å². The minimum Gasteiger partial charge on any atom is -0.611 e. The van der Waals surface area contributed by atoms with Gasteiger partial charge in [0.2, 0.25) is 5.91 Å². The smallest absolute Gasteiger partial charge is 0.248 e. The molecular formula is C31H31ClFN3O3S. The highest BCUT2D eigenvalue weighted by molar-refractivity contribution is 7.90. The number of carbonyl (C=O) groups is 1. The molecule has 1 aromatic heterocycles. The first kappa shape index (κ1) is 29.4. The van der Waals surface area contributed by atoms with Gasteiger partial charge in [-0.1, -0.05) is 36.7 Å². The van der Waals surface area contributed by atoms with Crippen LogP contribution in [0.4, 0.5) is 10.1 Å². The number of hydrogen-bond acceptors (Lipinski definition) is 4. The third-order valence-electron chi connectivity index (χ3n) is 6.07. The van der Waals surface area contributed by atoms with Crippen LogP contribution in [0.1, 0.15) is 31.0 Å². The number of ether oxygens (including phenoxy) is 1. The molecule has 0 radical (unpaired) electrons. The fourth-order valence-corrected chi connectivity index (χ4v) is 5.30. The molecule has 208 valence electrons. The molecule has 9 heteroatoms. The van der Waals surface area contributed by atoms with Crippen molar-refractivity contribution in [2.24, 2.45) is 0 Å². The van der Waals surface area contributed by atoms with E-state index in [0.29, 0.717) is 45.7 Å². The summed E-state index contributed by atoms with van der Waals surface area (Å²) < 4.78 is 32.6. The summed E-state index contributed by atoms with van der Waals surface area (Å²) in [6, 6.07) is 20.1. The summed E-state index contributed by atoms with van der Waals surface area (Å²) in [5.74, 6) is 0.752. The van der Waals surface area contributed by atoms with Gasteiger partial charge in [0.1, 0.15) is 5.75 Å². The zero-order valence-corrected chi connectivity index (χ0v) is 23.8. The largest absolute Gasteiger partial charge is 0.611 e. The number of nitrogens with zero attached hydrogens (tertiary/aromatic N) is 2. The number of anilines is 1. The molecular weight excluding hydrogens is 549 g/mol. The van der Waals surface area contributed by atoms with Crippen molar-refractivity contribution in [3.8, 4) is 16.9 Å². The number of benzene rings is 3. The van der Waals surface area contributed by atoms with E-state index in [9.17, 15) is 13.7 Å². The highest BCUT2D eigenvalue weighted by atomic mass is 35.5. The summed E-state index contributed by atoms with van der Waals surface area (Å²) >= 11 is 5.16. The monoisotopic (exact) mass is 579 g/mol. The molecule has 1 amide bonds. The van der Waals surface area contributed by atoms with Crippen LogP contribution in [0.25, 0.3) is 17.2 Å². The van der Waals surface area contributed by atoms with Crippen LogP contribution in [0.15, 0.2) is 90.2 Å². The Morgan fingerprint density at radius 3 is 2.60 bits per heavy atom. The molecule has 0 aliphatic rings. The van der Waals surface area contributed by atoms with Crippen LogP contribution in [-0.4, -0.2) is 33.3 Å². The van der Waals surface area contributed by atoms with E-state index in [1.54, 1.807) is 48.9 Å². The van der Waals surface area contributed by atoms with Crippen molar-refractivity contribution < 1.29 is 18.5 Å². The van der Waals surface area contributed by atoms with Crippen molar-refractivity contribution in [2.45, 2.75) is 37.0 Å². The molecule has 4 aromatic rings. The second-order valence-corrected chi connectivity index (χ2v) is 10.9. The second kappa shape index (κ2) is 14.7. The Kier molecular flexibility index (Phi) is 10.8. The summed E-state index contributed by atoms with van der Waals surface area (Å²) in [5, 5.41) is 3.34. The average Bonchev–Trinajstić information content (AvgIpc) is 3.40. The Labute approximate surface area is 242 Å². The minimum atomic E-state index is -1.22. The molecule has 1 unspecified atom stereocenters. The van der Waals surface area contributed by atoms with E-state index >= 15 is 0 Å². The number of carbonyl (C=O) groups excluding carboxylic acids is 1. The van der Waals surface area contributed by atoms with Crippen LogP contribution in [0.2, 0.25) is 5.02 Å². The van der Waals surface area contributed by atoms with Gasteiger partial charge in [-0.15, -0.1) is 0 Å². The molecule has 0 bridgehead atoms. The third kappa shape index (κ3) is 8.21. The summed E-state index contributed by atoms with van der Waals surface area (Å²) in [5.41, 5.74) is 4.12. The van der Waals surface area contributed by atoms with Crippen LogP contribution >= 0.6 is 11.6 Å². The quantitative estimate of drug-likeness (QED) is 0.102. The third-order valence-corrected chi connectivity index (χ3v) is 7.77. The number of alkyl halides is 1. The van der Waals surface area contributed by atoms with Crippen LogP contribution < -0.4 is 10.1 Å². The Morgan fingerprint density at radius 2 is 1.88 bits per heavy atom. The summed E-state index contributed by atoms with van der Waals surface area (Å²) in [6.45, 7) is 2.86. The predicted octanol–water partition coefficient (Wildman–Crippen LogP) is 7.31. The van der Waals surface area contributed by atoms with Gasteiger partial charge in [0.25, 0.3) is 0 Å². The summed E-state index contributed by atoms with van der Waals surface area (Å²) in [6.07, 6.45) is 7.94. The molecule has 0 aliphatic carbocycles. The number of imidazole rings is 1. The molecule has 1 atom stereocenters. The molecule has 1 N–H and O–H groups in total. The maximum Gasteiger partial charge on any atom is 0.248 e. The number of halogens is 2. The average molecular weight is 580 g/mol. The maximum absolute atomic E-state index is 12.8. The van der Waals surface area contributed by atoms with E-state index in [4.69, 9.17) is 16.3 Å². The zero-order valence-electron chi connectivity index (χ0n) is 22.2. The first-order valence-electron chi connectivity index (χ1n) is 13.0. The highest BCUT2D eigenvalue weighted by Crippen LogP contribution is 2.28. The lowest BCUT2D eigenvalue weighted by Gasteiger charge is -2.12. The van der Waals surface area contributed by atoms with Gasteiger partial charge in [-0.25, -0.2) is 4.98 Å². The van der Waals surface area contributed by atoms with E-state index in [-0.39, 0.29) is 5.91 Å². The molecule has 0 spiro atoms. The van der Waals surface area contributed by atoms with Gasteiger partial charge >= 0.3 is 0 Å². The lowest BCUT2D eigenvalue weighted by Crippen LogP contribution is -2.11. The Balaban J connectivity index is 1.35. The van der Waals surface area contributed by atoms with E-state index in [1.165, 1.54) is 6.08 Å². The minimum absolute atomic E-state index is 0.311. The topological polar surface area (TPSA) is 79.2 Å². The molecule has 3 aromatic carbocycles. The molecule has 6 nitrogen and oxygen atoms in total. The van der Waals surface area contributed by atoms with Crippen LogP contribution in [0.5, 0.6) is 5.75 Å². The molecule has 4 rings (SSSR count). The first-order chi connectivity index (χ1) is 19.5. The number of amides is 1. The SMILES string of the molecule is CCCn1cncc1C[S+]([O-])c1ccc(NC(=O)/C=C/c2cc(-c3ccc(OCCCF)cc3)ccc2Cl)cc1. The van der Waals surface area contributed by atoms with Crippen molar-refractivity contribution in [1.29, 1.82) is 0 Å². The van der Waals surface area contributed by atoms with Crippen molar-refractivity contribution in [3.05, 3.63) is 102 Å². The van der Waals surface area contributed by atoms with Crippen molar-refractivity contribution in [2.75, 3.05) is 18.6 Å². The van der Waals surface area contributed by atoms with Crippen LogP contribution in [-0.2, 0) is 28.3 Å². The Morgan fingerprint density at radius 1 is 1.12 bits per heavy atom. The van der Waals surface area contributed by atoms with Crippen LogP contribution in [0.3, 0.4) is 0 Å². The van der Waals surface area contributed by atoms with Gasteiger partial charge in [0, 0.05) is 29.8 Å². The molecule has 1 heterocycles. The van der Waals surface area contributed by atoms with E-state index < -0.39 is 17.9 Å². The van der Waals surface area contributed by atoms with Gasteiger partial charge < -0.3 is 19.2 Å². The zero-order chi connectivity index (χ0) is 28.3. The molecule has 0 saturated carbocycles. The van der Waals surface area contributed by atoms with Gasteiger partial charge in [-0.05, 0) is 88.9 Å². The van der Waals surface area contributed by atoms with Gasteiger partial charge in [-0.2, -0.15) is 0 Å². The first-order valence-corrected chi connectivity index (χ1v) is 14.7. The maximum atomic E-state index is 12.8. The van der Waals surface area contributed by atoms with E-state index in [2.05, 4.69) is 17.2 Å². The number of nitrogens with one attached hydrogen (secondary N) is 1. The van der Waals surface area contributed by atoms with Gasteiger partial charge in [-0.3, -0.25) is 9.18 Å². The fourth-order valence-electron chi connectivity index (χ4n) is 4.01. The molecule has 0 fully saturated rings. The number of rotatable bonds is 13. The molecule has 0 aliphatic heterocycles. The lowest BCUT2D eigenvalue weighted by atomic mass is 10.0. The van der Waals surface area contributed by atoms with Crippen molar-refractivity contribution in [3.63, 3.8) is 0 Å². The lowest BCUT2D eigenvalue weighted by molar-refractivity contribution is -0.111.